The van der Waals surface area contributed by atoms with Crippen LogP contribution >= 0.6 is 0 Å². The molecule has 6 nitrogen and oxygen atoms in total. The largest absolute Gasteiger partial charge is 0.462 e. The topological polar surface area (TPSA) is 81.7 Å². The van der Waals surface area contributed by atoms with Gasteiger partial charge in [-0.25, -0.2) is 4.79 Å². The molecule has 0 radical (unpaired) electrons. The van der Waals surface area contributed by atoms with Crippen LogP contribution in [0.4, 0.5) is 5.69 Å². The van der Waals surface area contributed by atoms with Crippen LogP contribution in [0.1, 0.15) is 115 Å². The Morgan fingerprint density at radius 1 is 0.886 bits per heavy atom. The van der Waals surface area contributed by atoms with E-state index in [0.29, 0.717) is 12.2 Å². The van der Waals surface area contributed by atoms with E-state index in [1.165, 1.54) is 32.1 Å². The van der Waals surface area contributed by atoms with E-state index in [-0.39, 0.29) is 17.5 Å². The summed E-state index contributed by atoms with van der Waals surface area (Å²) in [4.78, 5) is 11.7. The molecule has 1 atom stereocenters. The molecule has 0 aromatic heterocycles. The molecule has 1 rings (SSSR count). The van der Waals surface area contributed by atoms with Gasteiger partial charge in [-0.15, -0.1) is 0 Å². The van der Waals surface area contributed by atoms with Gasteiger partial charge in [-0.2, -0.15) is 8.42 Å². The van der Waals surface area contributed by atoms with Gasteiger partial charge in [0.05, 0.1) is 24.5 Å². The van der Waals surface area contributed by atoms with Gasteiger partial charge in [0.15, 0.2) is 0 Å². The zero-order valence-electron chi connectivity index (χ0n) is 22.7. The lowest BCUT2D eigenvalue weighted by atomic mass is 9.89. The molecule has 0 saturated carbocycles. The minimum atomic E-state index is -3.40. The molecule has 35 heavy (non-hydrogen) atoms. The molecule has 1 aromatic rings. The second-order valence-corrected chi connectivity index (χ2v) is 12.3. The first kappa shape index (κ1) is 31.4. The van der Waals surface area contributed by atoms with Crippen LogP contribution in [0.3, 0.4) is 0 Å². The van der Waals surface area contributed by atoms with Crippen molar-refractivity contribution in [2.75, 3.05) is 24.7 Å². The predicted octanol–water partition coefficient (Wildman–Crippen LogP) is 7.35. The summed E-state index contributed by atoms with van der Waals surface area (Å²) in [7, 11) is -3.40. The fourth-order valence-electron chi connectivity index (χ4n) is 4.08. The quantitative estimate of drug-likeness (QED) is 0.119. The first-order valence-corrected chi connectivity index (χ1v) is 15.2. The molecule has 1 aromatic carbocycles. The van der Waals surface area contributed by atoms with Crippen LogP contribution in [0.5, 0.6) is 0 Å². The number of nitrogens with one attached hydrogen (secondary N) is 1. The highest BCUT2D eigenvalue weighted by Gasteiger charge is 2.17. The molecule has 0 aliphatic carbocycles. The predicted molar refractivity (Wildman–Crippen MR) is 145 cm³/mol. The second kappa shape index (κ2) is 17.0. The number of hydrogen-bond acceptors (Lipinski definition) is 6. The maximum Gasteiger partial charge on any atom is 0.338 e. The average Bonchev–Trinajstić information content (AvgIpc) is 2.76. The number of ether oxygens (including phenoxy) is 1. The second-order valence-electron chi connectivity index (χ2n) is 10.7. The zero-order valence-corrected chi connectivity index (χ0v) is 23.6. The van der Waals surface area contributed by atoms with E-state index in [0.717, 1.165) is 63.4 Å². The summed E-state index contributed by atoms with van der Waals surface area (Å²) in [5.41, 5.74) is 1.87. The van der Waals surface area contributed by atoms with Crippen LogP contribution in [0.15, 0.2) is 24.3 Å². The third-order valence-electron chi connectivity index (χ3n) is 5.94. The van der Waals surface area contributed by atoms with Gasteiger partial charge in [-0.1, -0.05) is 72.1 Å². The molecule has 1 N–H and O–H groups in total. The van der Waals surface area contributed by atoms with Crippen molar-refractivity contribution >= 4 is 21.8 Å². The molecule has 202 valence electrons. The van der Waals surface area contributed by atoms with Crippen molar-refractivity contribution in [2.24, 2.45) is 5.41 Å². The molecule has 0 fully saturated rings. The van der Waals surface area contributed by atoms with E-state index in [1.807, 2.05) is 12.1 Å². The van der Waals surface area contributed by atoms with Crippen molar-refractivity contribution in [3.8, 4) is 0 Å². The van der Waals surface area contributed by atoms with Gasteiger partial charge in [0.1, 0.15) is 0 Å². The van der Waals surface area contributed by atoms with E-state index in [9.17, 15) is 13.2 Å². The molecule has 0 aliphatic rings. The van der Waals surface area contributed by atoms with Crippen molar-refractivity contribution in [3.63, 3.8) is 0 Å². The summed E-state index contributed by atoms with van der Waals surface area (Å²) in [6.45, 7) is 9.75. The number of benzene rings is 1. The third kappa shape index (κ3) is 17.5. The zero-order chi connectivity index (χ0) is 26.2. The van der Waals surface area contributed by atoms with Gasteiger partial charge in [0.25, 0.3) is 10.1 Å². The third-order valence-corrected chi connectivity index (χ3v) is 6.56. The van der Waals surface area contributed by atoms with Crippen LogP contribution < -0.4 is 5.32 Å². The van der Waals surface area contributed by atoms with Crippen molar-refractivity contribution in [3.05, 3.63) is 29.8 Å². The fourth-order valence-corrected chi connectivity index (χ4v) is 4.76. The SMILES string of the molecule is CCOC(=O)c1ccc(NCCCCCCCCCCC(CCCC(C)(C)C)OS(C)(=O)=O)cc1. The molecule has 0 aliphatic heterocycles. The summed E-state index contributed by atoms with van der Waals surface area (Å²) >= 11 is 0. The number of anilines is 1. The summed E-state index contributed by atoms with van der Waals surface area (Å²) in [5, 5.41) is 3.40. The van der Waals surface area contributed by atoms with Crippen LogP contribution in [0.25, 0.3) is 0 Å². The molecule has 0 saturated heterocycles. The van der Waals surface area contributed by atoms with Crippen molar-refractivity contribution < 1.29 is 22.1 Å². The van der Waals surface area contributed by atoms with E-state index in [4.69, 9.17) is 8.92 Å². The molecule has 0 heterocycles. The van der Waals surface area contributed by atoms with E-state index in [2.05, 4.69) is 26.1 Å². The van der Waals surface area contributed by atoms with Gasteiger partial charge in [-0.3, -0.25) is 4.18 Å². The highest BCUT2D eigenvalue weighted by atomic mass is 32.2. The highest BCUT2D eigenvalue weighted by molar-refractivity contribution is 7.86. The maximum atomic E-state index is 11.7. The monoisotopic (exact) mass is 511 g/mol. The molecule has 1 unspecified atom stereocenters. The number of esters is 1. The Morgan fingerprint density at radius 2 is 1.43 bits per heavy atom. The van der Waals surface area contributed by atoms with Crippen LogP contribution in [-0.4, -0.2) is 39.9 Å². The molecular weight excluding hydrogens is 462 g/mol. The lowest BCUT2D eigenvalue weighted by molar-refractivity contribution is 0.0526. The minimum absolute atomic E-state index is 0.179. The van der Waals surface area contributed by atoms with Gasteiger partial charge in [-0.05, 0) is 62.3 Å². The van der Waals surface area contributed by atoms with Gasteiger partial charge in [0.2, 0.25) is 0 Å². The van der Waals surface area contributed by atoms with E-state index < -0.39 is 10.1 Å². The lowest BCUT2D eigenvalue weighted by Gasteiger charge is -2.21. The lowest BCUT2D eigenvalue weighted by Crippen LogP contribution is -2.18. The maximum absolute atomic E-state index is 11.7. The Labute approximate surface area is 214 Å². The molecule has 0 spiro atoms. The van der Waals surface area contributed by atoms with Crippen molar-refractivity contribution in [1.82, 2.24) is 0 Å². The number of hydrogen-bond donors (Lipinski definition) is 1. The van der Waals surface area contributed by atoms with Gasteiger partial charge < -0.3 is 10.1 Å². The fraction of sp³-hybridized carbons (Fsp3) is 0.750. The first-order chi connectivity index (χ1) is 16.5. The molecule has 7 heteroatoms. The Kier molecular flexibility index (Phi) is 15.2. The number of unbranched alkanes of at least 4 members (excludes halogenated alkanes) is 7. The van der Waals surface area contributed by atoms with E-state index >= 15 is 0 Å². The summed E-state index contributed by atoms with van der Waals surface area (Å²) < 4.78 is 33.5. The van der Waals surface area contributed by atoms with E-state index in [1.54, 1.807) is 19.1 Å². The van der Waals surface area contributed by atoms with Crippen LogP contribution in [0.2, 0.25) is 0 Å². The minimum Gasteiger partial charge on any atom is -0.462 e. The van der Waals surface area contributed by atoms with Crippen molar-refractivity contribution in [1.29, 1.82) is 0 Å². The van der Waals surface area contributed by atoms with Crippen LogP contribution in [-0.2, 0) is 19.0 Å². The van der Waals surface area contributed by atoms with Crippen LogP contribution in [0, 0.1) is 5.41 Å². The standard InChI is InChI=1S/C28H49NO5S/c1-6-33-27(30)24-18-20-25(21-19-24)29-23-14-12-10-8-7-9-11-13-16-26(34-35(5,31)32)17-15-22-28(2,3)4/h18-21,26,29H,6-17,22-23H2,1-5H3. The Morgan fingerprint density at radius 3 is 1.97 bits per heavy atom. The highest BCUT2D eigenvalue weighted by Crippen LogP contribution is 2.24. The Bertz CT molecular complexity index is 800. The normalized spacial score (nSPS) is 12.9. The summed E-state index contributed by atoms with van der Waals surface area (Å²) in [6, 6.07) is 7.42. The summed E-state index contributed by atoms with van der Waals surface area (Å²) in [6.07, 6.45) is 14.1. The average molecular weight is 512 g/mol. The Balaban J connectivity index is 2.08. The molecule has 0 amide bonds. The van der Waals surface area contributed by atoms with Gasteiger partial charge >= 0.3 is 5.97 Å². The number of rotatable bonds is 19. The Hall–Kier alpha value is -1.60. The first-order valence-electron chi connectivity index (χ1n) is 13.4. The number of carbonyl (C=O) groups excluding carboxylic acids is 1. The smallest absolute Gasteiger partial charge is 0.338 e. The molecular formula is C28H49NO5S. The summed E-state index contributed by atoms with van der Waals surface area (Å²) in [5.74, 6) is -0.280. The van der Waals surface area contributed by atoms with Gasteiger partial charge in [0, 0.05) is 12.2 Å². The van der Waals surface area contributed by atoms with Crippen molar-refractivity contribution in [2.45, 2.75) is 111 Å². The number of carbonyl (C=O) groups is 1. The molecule has 0 bridgehead atoms.